The predicted molar refractivity (Wildman–Crippen MR) is 130 cm³/mol. The average molecular weight is 462 g/mol. The number of nitrogens with zero attached hydrogens (tertiary/aromatic N) is 1. The molecule has 3 fully saturated rings. The lowest BCUT2D eigenvalue weighted by atomic mass is 9.72. The highest BCUT2D eigenvalue weighted by Gasteiger charge is 2.45. The third-order valence-corrected chi connectivity index (χ3v) is 7.82. The molecule has 1 amide bonds. The molecule has 4 atom stereocenters. The number of halogens is 1. The van der Waals surface area contributed by atoms with Crippen molar-refractivity contribution < 1.29 is 9.90 Å². The molecule has 1 saturated heterocycles. The van der Waals surface area contributed by atoms with Crippen molar-refractivity contribution in [3.8, 4) is 0 Å². The molecule has 1 aliphatic heterocycles. The standard InChI is InChI=1S/C26H40ClN3O2/c1-25(2,3)29-24(32)23-14-18-6-4-5-7-19(18)16-30(23)17-22(31)15-28-26(12-13-26)20-8-10-21(27)11-9-20/h8-11,18-19,22-23,28,31H,4-7,12-17H2,1-3H3,(H,29,32)/t18-,19+,22+,23-/m0/s1. The van der Waals surface area contributed by atoms with Gasteiger partial charge < -0.3 is 15.7 Å². The number of β-amino-alcohol motifs (C(OH)–C–C–N with tert-alkyl or cyclic N) is 1. The van der Waals surface area contributed by atoms with Crippen LogP contribution in [-0.2, 0) is 10.3 Å². The fourth-order valence-corrected chi connectivity index (χ4v) is 5.86. The first-order valence-corrected chi connectivity index (χ1v) is 12.8. The lowest BCUT2D eigenvalue weighted by Crippen LogP contribution is -2.59. The molecule has 0 radical (unpaired) electrons. The Hall–Kier alpha value is -1.14. The van der Waals surface area contributed by atoms with Gasteiger partial charge in [0.2, 0.25) is 5.91 Å². The number of carbonyl (C=O) groups is 1. The van der Waals surface area contributed by atoms with Gasteiger partial charge in [0.1, 0.15) is 0 Å². The van der Waals surface area contributed by atoms with Crippen LogP contribution in [0.15, 0.2) is 24.3 Å². The zero-order chi connectivity index (χ0) is 22.9. The minimum absolute atomic E-state index is 0.0368. The number of carbonyl (C=O) groups excluding carboxylic acids is 1. The summed E-state index contributed by atoms with van der Waals surface area (Å²) in [5, 5.41) is 18.5. The second kappa shape index (κ2) is 9.61. The van der Waals surface area contributed by atoms with Gasteiger partial charge >= 0.3 is 0 Å². The van der Waals surface area contributed by atoms with Crippen molar-refractivity contribution in [3.63, 3.8) is 0 Å². The molecular weight excluding hydrogens is 422 g/mol. The first-order chi connectivity index (χ1) is 15.2. The van der Waals surface area contributed by atoms with Gasteiger partial charge in [0.25, 0.3) is 0 Å². The predicted octanol–water partition coefficient (Wildman–Crippen LogP) is 4.08. The second-order valence-electron chi connectivity index (χ2n) is 11.4. The van der Waals surface area contributed by atoms with Crippen molar-refractivity contribution in [1.29, 1.82) is 0 Å². The Morgan fingerprint density at radius 2 is 1.84 bits per heavy atom. The van der Waals surface area contributed by atoms with E-state index in [4.69, 9.17) is 11.6 Å². The third kappa shape index (κ3) is 5.85. The first-order valence-electron chi connectivity index (χ1n) is 12.4. The van der Waals surface area contributed by atoms with Gasteiger partial charge in [-0.15, -0.1) is 0 Å². The number of nitrogens with one attached hydrogen (secondary N) is 2. The van der Waals surface area contributed by atoms with Crippen LogP contribution in [0.2, 0.25) is 5.02 Å². The molecule has 4 rings (SSSR count). The quantitative estimate of drug-likeness (QED) is 0.572. The molecule has 2 saturated carbocycles. The Morgan fingerprint density at radius 3 is 2.47 bits per heavy atom. The van der Waals surface area contributed by atoms with Crippen LogP contribution < -0.4 is 10.6 Å². The SMILES string of the molecule is CC(C)(C)NC(=O)[C@@H]1C[C@@H]2CCCC[C@@H]2CN1C[C@H](O)CNC1(c2ccc(Cl)cc2)CC1. The summed E-state index contributed by atoms with van der Waals surface area (Å²) in [6.45, 7) is 8.09. The molecule has 3 aliphatic rings. The minimum atomic E-state index is -0.509. The summed E-state index contributed by atoms with van der Waals surface area (Å²) in [7, 11) is 0. The van der Waals surface area contributed by atoms with Gasteiger partial charge in [0, 0.05) is 35.7 Å². The number of amides is 1. The number of hydrogen-bond donors (Lipinski definition) is 3. The molecule has 2 aliphatic carbocycles. The van der Waals surface area contributed by atoms with Gasteiger partial charge in [0.15, 0.2) is 0 Å². The minimum Gasteiger partial charge on any atom is -0.390 e. The van der Waals surface area contributed by atoms with Gasteiger partial charge in [-0.1, -0.05) is 43.0 Å². The normalized spacial score (nSPS) is 28.6. The highest BCUT2D eigenvalue weighted by atomic mass is 35.5. The van der Waals surface area contributed by atoms with E-state index in [1.54, 1.807) is 0 Å². The maximum absolute atomic E-state index is 13.2. The van der Waals surface area contributed by atoms with Crippen LogP contribution in [0.4, 0.5) is 0 Å². The summed E-state index contributed by atoms with van der Waals surface area (Å²) in [6.07, 6.45) is 7.63. The van der Waals surface area contributed by atoms with Gasteiger partial charge in [-0.05, 0) is 76.0 Å². The van der Waals surface area contributed by atoms with Crippen molar-refractivity contribution in [2.45, 2.75) is 88.9 Å². The molecule has 6 heteroatoms. The largest absolute Gasteiger partial charge is 0.390 e. The van der Waals surface area contributed by atoms with Crippen LogP contribution in [0.25, 0.3) is 0 Å². The van der Waals surface area contributed by atoms with Crippen molar-refractivity contribution in [2.75, 3.05) is 19.6 Å². The van der Waals surface area contributed by atoms with E-state index in [1.165, 1.54) is 31.2 Å². The number of piperidine rings is 1. The van der Waals surface area contributed by atoms with E-state index in [0.29, 0.717) is 24.9 Å². The fourth-order valence-electron chi connectivity index (χ4n) is 5.74. The number of benzene rings is 1. The Kier molecular flexibility index (Phi) is 7.21. The highest BCUT2D eigenvalue weighted by molar-refractivity contribution is 6.30. The van der Waals surface area contributed by atoms with Gasteiger partial charge in [0.05, 0.1) is 12.1 Å². The maximum atomic E-state index is 13.2. The second-order valence-corrected chi connectivity index (χ2v) is 11.8. The number of likely N-dealkylation sites (tertiary alicyclic amines) is 1. The molecule has 178 valence electrons. The summed E-state index contributed by atoms with van der Waals surface area (Å²) in [5.74, 6) is 1.42. The summed E-state index contributed by atoms with van der Waals surface area (Å²) >= 11 is 6.05. The molecule has 0 aromatic heterocycles. The van der Waals surface area contributed by atoms with Crippen molar-refractivity contribution in [1.82, 2.24) is 15.5 Å². The zero-order valence-electron chi connectivity index (χ0n) is 19.9. The third-order valence-electron chi connectivity index (χ3n) is 7.57. The topological polar surface area (TPSA) is 64.6 Å². The molecule has 0 spiro atoms. The van der Waals surface area contributed by atoms with Gasteiger partial charge in [-0.3, -0.25) is 9.69 Å². The van der Waals surface area contributed by atoms with Crippen LogP contribution in [-0.4, -0.2) is 53.2 Å². The highest BCUT2D eigenvalue weighted by Crippen LogP contribution is 2.45. The van der Waals surface area contributed by atoms with Crippen molar-refractivity contribution >= 4 is 17.5 Å². The molecule has 32 heavy (non-hydrogen) atoms. The monoisotopic (exact) mass is 461 g/mol. The lowest BCUT2D eigenvalue weighted by molar-refractivity contribution is -0.132. The molecule has 1 heterocycles. The zero-order valence-corrected chi connectivity index (χ0v) is 20.6. The van der Waals surface area contributed by atoms with E-state index in [9.17, 15) is 9.90 Å². The van der Waals surface area contributed by atoms with Crippen LogP contribution in [0, 0.1) is 11.8 Å². The number of fused-ring (bicyclic) bond motifs is 1. The number of rotatable bonds is 7. The van der Waals surface area contributed by atoms with E-state index in [2.05, 4.69) is 27.7 Å². The fraction of sp³-hybridized carbons (Fsp3) is 0.731. The maximum Gasteiger partial charge on any atom is 0.237 e. The van der Waals surface area contributed by atoms with E-state index in [0.717, 1.165) is 30.8 Å². The summed E-state index contributed by atoms with van der Waals surface area (Å²) < 4.78 is 0. The molecule has 0 bridgehead atoms. The Bertz CT molecular complexity index is 787. The summed E-state index contributed by atoms with van der Waals surface area (Å²) in [6, 6.07) is 7.88. The number of aliphatic hydroxyl groups is 1. The van der Waals surface area contributed by atoms with E-state index < -0.39 is 6.10 Å². The van der Waals surface area contributed by atoms with Crippen molar-refractivity contribution in [3.05, 3.63) is 34.9 Å². The van der Waals surface area contributed by atoms with Gasteiger partial charge in [-0.25, -0.2) is 0 Å². The number of hydrogen-bond acceptors (Lipinski definition) is 4. The molecule has 1 aromatic rings. The average Bonchev–Trinajstić information content (AvgIpc) is 3.52. The summed E-state index contributed by atoms with van der Waals surface area (Å²) in [5.41, 5.74) is 0.952. The lowest BCUT2D eigenvalue weighted by Gasteiger charge is -2.46. The Balaban J connectivity index is 1.38. The summed E-state index contributed by atoms with van der Waals surface area (Å²) in [4.78, 5) is 15.4. The van der Waals surface area contributed by atoms with Crippen LogP contribution in [0.5, 0.6) is 0 Å². The Morgan fingerprint density at radius 1 is 1.19 bits per heavy atom. The number of aliphatic hydroxyl groups excluding tert-OH is 1. The van der Waals surface area contributed by atoms with E-state index in [1.807, 2.05) is 32.9 Å². The van der Waals surface area contributed by atoms with Crippen LogP contribution in [0.1, 0.15) is 71.3 Å². The molecule has 5 nitrogen and oxygen atoms in total. The van der Waals surface area contributed by atoms with Crippen molar-refractivity contribution in [2.24, 2.45) is 11.8 Å². The molecule has 0 unspecified atom stereocenters. The van der Waals surface area contributed by atoms with Crippen LogP contribution in [0.3, 0.4) is 0 Å². The van der Waals surface area contributed by atoms with E-state index in [-0.39, 0.29) is 23.0 Å². The van der Waals surface area contributed by atoms with Crippen LogP contribution >= 0.6 is 11.6 Å². The van der Waals surface area contributed by atoms with E-state index >= 15 is 0 Å². The smallest absolute Gasteiger partial charge is 0.237 e. The molecule has 3 N–H and O–H groups in total. The Labute approximate surface area is 198 Å². The molecule has 1 aromatic carbocycles. The first kappa shape index (κ1) is 24.0. The molecular formula is C26H40ClN3O2. The van der Waals surface area contributed by atoms with Gasteiger partial charge in [-0.2, -0.15) is 0 Å².